The second-order valence-electron chi connectivity index (χ2n) is 6.35. The Morgan fingerprint density at radius 1 is 1.15 bits per heavy atom. The van der Waals surface area contributed by atoms with Crippen molar-refractivity contribution in [2.45, 2.75) is 20.8 Å². The summed E-state index contributed by atoms with van der Waals surface area (Å²) in [6.45, 7) is 5.41. The number of hydrogen-bond acceptors (Lipinski definition) is 5. The first-order chi connectivity index (χ1) is 12.3. The van der Waals surface area contributed by atoms with Gasteiger partial charge >= 0.3 is 0 Å². The van der Waals surface area contributed by atoms with E-state index in [1.54, 1.807) is 27.0 Å². The van der Waals surface area contributed by atoms with Gasteiger partial charge in [0.05, 0.1) is 23.3 Å². The highest BCUT2D eigenvalue weighted by Crippen LogP contribution is 2.19. The fraction of sp³-hybridized carbons (Fsp3) is 0.263. The zero-order valence-corrected chi connectivity index (χ0v) is 15.2. The third-order valence-corrected chi connectivity index (χ3v) is 4.01. The van der Waals surface area contributed by atoms with E-state index in [0.29, 0.717) is 22.8 Å². The predicted molar refractivity (Wildman–Crippen MR) is 98.0 cm³/mol. The Balaban J connectivity index is 1.76. The van der Waals surface area contributed by atoms with Crippen LogP contribution in [0.3, 0.4) is 0 Å². The topological polar surface area (TPSA) is 88.3 Å². The van der Waals surface area contributed by atoms with Gasteiger partial charge in [-0.2, -0.15) is 0 Å². The largest absolute Gasteiger partial charge is 0.360 e. The number of pyridine rings is 1. The summed E-state index contributed by atoms with van der Waals surface area (Å²) < 4.78 is 4.90. The summed E-state index contributed by atoms with van der Waals surface area (Å²) in [5.41, 5.74) is 3.05. The summed E-state index contributed by atoms with van der Waals surface area (Å²) in [5, 5.41) is 7.20. The van der Waals surface area contributed by atoms with E-state index in [4.69, 9.17) is 4.52 Å². The fourth-order valence-electron chi connectivity index (χ4n) is 2.71. The molecule has 7 heteroatoms. The second kappa shape index (κ2) is 6.95. The van der Waals surface area contributed by atoms with Gasteiger partial charge in [0.25, 0.3) is 5.91 Å². The van der Waals surface area contributed by atoms with Crippen LogP contribution in [0.1, 0.15) is 27.4 Å². The van der Waals surface area contributed by atoms with Gasteiger partial charge in [-0.05, 0) is 39.0 Å². The van der Waals surface area contributed by atoms with E-state index in [0.717, 1.165) is 16.5 Å². The Morgan fingerprint density at radius 3 is 2.62 bits per heavy atom. The number of carbonyl (C=O) groups is 2. The lowest BCUT2D eigenvalue weighted by Crippen LogP contribution is -2.35. The van der Waals surface area contributed by atoms with Crippen LogP contribution in [0, 0.1) is 20.8 Å². The molecule has 3 rings (SSSR count). The molecule has 3 aromatic rings. The quantitative estimate of drug-likeness (QED) is 0.780. The van der Waals surface area contributed by atoms with Gasteiger partial charge < -0.3 is 14.7 Å². The van der Waals surface area contributed by atoms with Crippen molar-refractivity contribution >= 4 is 28.5 Å². The number of likely N-dealkylation sites (N-methyl/N-ethyl adjacent to an activating group) is 1. The molecule has 0 radical (unpaired) electrons. The van der Waals surface area contributed by atoms with Gasteiger partial charge in [0.1, 0.15) is 5.76 Å². The number of rotatable bonds is 4. The summed E-state index contributed by atoms with van der Waals surface area (Å²) >= 11 is 0. The van der Waals surface area contributed by atoms with Gasteiger partial charge in [0, 0.05) is 18.5 Å². The van der Waals surface area contributed by atoms with Gasteiger partial charge in [0.15, 0.2) is 5.82 Å². The molecule has 0 spiro atoms. The second-order valence-corrected chi connectivity index (χ2v) is 6.35. The Hall–Kier alpha value is -3.22. The molecule has 0 atom stereocenters. The summed E-state index contributed by atoms with van der Waals surface area (Å²) in [7, 11) is 1.58. The molecule has 134 valence electrons. The molecule has 0 aliphatic rings. The maximum Gasteiger partial charge on any atom is 0.255 e. The molecule has 0 unspecified atom stereocenters. The highest BCUT2D eigenvalue weighted by molar-refractivity contribution is 6.01. The minimum absolute atomic E-state index is 0.101. The standard InChI is InChI=1S/C19H20N4O3/c1-11-5-6-16-14(7-11)9-15(13(3)20-16)19(25)23(4)10-18(24)21-17-8-12(2)26-22-17/h5-9H,10H2,1-4H3,(H,21,22,24). The number of anilines is 1. The number of carbonyl (C=O) groups excluding carboxylic acids is 2. The average Bonchev–Trinajstić information content (AvgIpc) is 2.98. The van der Waals surface area contributed by atoms with E-state index >= 15 is 0 Å². The van der Waals surface area contributed by atoms with Crippen molar-refractivity contribution in [3.63, 3.8) is 0 Å². The molecule has 0 bridgehead atoms. The predicted octanol–water partition coefficient (Wildman–Crippen LogP) is 2.86. The van der Waals surface area contributed by atoms with Crippen molar-refractivity contribution in [3.05, 3.63) is 52.9 Å². The Kier molecular flexibility index (Phi) is 4.71. The van der Waals surface area contributed by atoms with Crippen molar-refractivity contribution in [3.8, 4) is 0 Å². The Morgan fingerprint density at radius 2 is 1.92 bits per heavy atom. The molecule has 0 saturated carbocycles. The summed E-state index contributed by atoms with van der Waals surface area (Å²) in [6.07, 6.45) is 0. The van der Waals surface area contributed by atoms with E-state index in [1.165, 1.54) is 4.90 Å². The zero-order chi connectivity index (χ0) is 18.8. The first kappa shape index (κ1) is 17.6. The van der Waals surface area contributed by atoms with Crippen LogP contribution < -0.4 is 5.32 Å². The summed E-state index contributed by atoms with van der Waals surface area (Å²) in [5.74, 6) is 0.312. The lowest BCUT2D eigenvalue weighted by molar-refractivity contribution is -0.116. The van der Waals surface area contributed by atoms with Gasteiger partial charge in [-0.15, -0.1) is 0 Å². The van der Waals surface area contributed by atoms with Gasteiger partial charge in [0.2, 0.25) is 5.91 Å². The zero-order valence-electron chi connectivity index (χ0n) is 15.2. The van der Waals surface area contributed by atoms with Crippen molar-refractivity contribution < 1.29 is 14.1 Å². The number of amides is 2. The first-order valence-electron chi connectivity index (χ1n) is 8.20. The minimum atomic E-state index is -0.351. The third-order valence-electron chi connectivity index (χ3n) is 4.01. The molecular formula is C19H20N4O3. The minimum Gasteiger partial charge on any atom is -0.360 e. The maximum absolute atomic E-state index is 12.8. The van der Waals surface area contributed by atoms with Crippen LogP contribution in [-0.4, -0.2) is 40.4 Å². The maximum atomic E-state index is 12.8. The lowest BCUT2D eigenvalue weighted by atomic mass is 10.1. The fourth-order valence-corrected chi connectivity index (χ4v) is 2.71. The Labute approximate surface area is 151 Å². The number of fused-ring (bicyclic) bond motifs is 1. The summed E-state index contributed by atoms with van der Waals surface area (Å²) in [6, 6.07) is 9.33. The van der Waals surface area contributed by atoms with Crippen LogP contribution >= 0.6 is 0 Å². The van der Waals surface area contributed by atoms with E-state index in [-0.39, 0.29) is 18.4 Å². The summed E-state index contributed by atoms with van der Waals surface area (Å²) in [4.78, 5) is 30.7. The van der Waals surface area contributed by atoms with Gasteiger partial charge in [-0.25, -0.2) is 0 Å². The molecular weight excluding hydrogens is 332 g/mol. The van der Waals surface area contributed by atoms with Crippen LogP contribution in [0.25, 0.3) is 10.9 Å². The number of nitrogens with one attached hydrogen (secondary N) is 1. The van der Waals surface area contributed by atoms with Crippen molar-refractivity contribution in [1.82, 2.24) is 15.0 Å². The van der Waals surface area contributed by atoms with E-state index in [2.05, 4.69) is 15.5 Å². The van der Waals surface area contributed by atoms with E-state index in [9.17, 15) is 9.59 Å². The van der Waals surface area contributed by atoms with E-state index < -0.39 is 0 Å². The number of aryl methyl sites for hydroxylation is 3. The SMILES string of the molecule is Cc1ccc2nc(C)c(C(=O)N(C)CC(=O)Nc3cc(C)on3)cc2c1. The smallest absolute Gasteiger partial charge is 0.255 e. The van der Waals surface area contributed by atoms with E-state index in [1.807, 2.05) is 31.2 Å². The number of aromatic nitrogens is 2. The number of benzene rings is 1. The molecule has 1 N–H and O–H groups in total. The number of nitrogens with zero attached hydrogens (tertiary/aromatic N) is 3. The van der Waals surface area contributed by atoms with Gasteiger partial charge in [-0.3, -0.25) is 14.6 Å². The molecule has 26 heavy (non-hydrogen) atoms. The normalized spacial score (nSPS) is 10.8. The Bertz CT molecular complexity index is 994. The molecule has 7 nitrogen and oxygen atoms in total. The van der Waals surface area contributed by atoms with Gasteiger partial charge in [-0.1, -0.05) is 16.8 Å². The highest BCUT2D eigenvalue weighted by atomic mass is 16.5. The molecule has 0 aliphatic carbocycles. The average molecular weight is 352 g/mol. The van der Waals surface area contributed by atoms with Crippen LogP contribution in [-0.2, 0) is 4.79 Å². The van der Waals surface area contributed by atoms with Crippen LogP contribution in [0.5, 0.6) is 0 Å². The molecule has 0 fully saturated rings. The molecule has 2 aromatic heterocycles. The highest BCUT2D eigenvalue weighted by Gasteiger charge is 2.19. The van der Waals surface area contributed by atoms with Crippen molar-refractivity contribution in [2.75, 3.05) is 18.9 Å². The molecule has 0 saturated heterocycles. The monoisotopic (exact) mass is 352 g/mol. The van der Waals surface area contributed by atoms with Crippen molar-refractivity contribution in [1.29, 1.82) is 0 Å². The third kappa shape index (κ3) is 3.72. The molecule has 2 amide bonds. The lowest BCUT2D eigenvalue weighted by Gasteiger charge is -2.17. The van der Waals surface area contributed by atoms with Crippen LogP contribution in [0.4, 0.5) is 5.82 Å². The number of hydrogen-bond donors (Lipinski definition) is 1. The van der Waals surface area contributed by atoms with Crippen molar-refractivity contribution in [2.24, 2.45) is 0 Å². The molecule has 0 aliphatic heterocycles. The van der Waals surface area contributed by atoms with Crippen LogP contribution in [0.15, 0.2) is 34.9 Å². The van der Waals surface area contributed by atoms with Crippen LogP contribution in [0.2, 0.25) is 0 Å². The molecule has 1 aromatic carbocycles. The molecule has 2 heterocycles. The first-order valence-corrected chi connectivity index (χ1v) is 8.20.